The van der Waals surface area contributed by atoms with Crippen LogP contribution in [-0.2, 0) is 16.1 Å². The second-order valence-corrected chi connectivity index (χ2v) is 7.14. The highest BCUT2D eigenvalue weighted by Crippen LogP contribution is 2.44. The monoisotopic (exact) mass is 346 g/mol. The van der Waals surface area contributed by atoms with E-state index in [2.05, 4.69) is 5.32 Å². The Hall–Kier alpha value is -2.28. The molecule has 0 spiro atoms. The highest BCUT2D eigenvalue weighted by Gasteiger charge is 2.43. The number of ether oxygens (including phenoxy) is 2. The number of rotatable bonds is 6. The number of carbonyl (C=O) groups is 2. The van der Waals surface area contributed by atoms with Gasteiger partial charge in [0.15, 0.2) is 11.5 Å². The van der Waals surface area contributed by atoms with Crippen LogP contribution in [0.3, 0.4) is 0 Å². The molecule has 2 heterocycles. The van der Waals surface area contributed by atoms with Crippen LogP contribution in [0.4, 0.5) is 0 Å². The van der Waals surface area contributed by atoms with Crippen molar-refractivity contribution in [3.05, 3.63) is 23.8 Å². The summed E-state index contributed by atoms with van der Waals surface area (Å²) >= 11 is 0. The van der Waals surface area contributed by atoms with Crippen molar-refractivity contribution in [2.24, 2.45) is 5.41 Å². The van der Waals surface area contributed by atoms with E-state index < -0.39 is 6.04 Å². The van der Waals surface area contributed by atoms with Gasteiger partial charge in [-0.3, -0.25) is 9.59 Å². The maximum atomic E-state index is 12.5. The Labute approximate surface area is 145 Å². The van der Waals surface area contributed by atoms with E-state index in [9.17, 15) is 14.7 Å². The molecule has 0 radical (unpaired) electrons. The molecule has 1 saturated heterocycles. The van der Waals surface area contributed by atoms with Crippen LogP contribution in [0, 0.1) is 5.41 Å². The first-order chi connectivity index (χ1) is 12.1. The van der Waals surface area contributed by atoms with E-state index in [1.54, 1.807) is 4.90 Å². The average Bonchev–Trinajstić information content (AvgIpc) is 3.10. The predicted octanol–water partition coefficient (Wildman–Crippen LogP) is 0.795. The largest absolute Gasteiger partial charge is 0.454 e. The van der Waals surface area contributed by atoms with Gasteiger partial charge in [0.25, 0.3) is 0 Å². The van der Waals surface area contributed by atoms with Crippen LogP contribution in [0.15, 0.2) is 18.2 Å². The molecular formula is C18H22N2O5. The normalized spacial score (nSPS) is 23.0. The van der Waals surface area contributed by atoms with E-state index in [1.807, 2.05) is 18.2 Å². The van der Waals surface area contributed by atoms with Crippen LogP contribution in [0.5, 0.6) is 11.5 Å². The molecule has 2 N–H and O–H groups in total. The maximum Gasteiger partial charge on any atom is 0.242 e. The molecule has 4 rings (SSSR count). The summed E-state index contributed by atoms with van der Waals surface area (Å²) in [5, 5.41) is 12.3. The summed E-state index contributed by atoms with van der Waals surface area (Å²) in [6.45, 7) is 1.15. The number of aliphatic hydroxyl groups is 1. The third kappa shape index (κ3) is 3.16. The zero-order valence-corrected chi connectivity index (χ0v) is 14.0. The smallest absolute Gasteiger partial charge is 0.242 e. The number of carbonyl (C=O) groups excluding carboxylic acids is 2. The summed E-state index contributed by atoms with van der Waals surface area (Å²) < 4.78 is 10.7. The molecule has 0 aromatic heterocycles. The summed E-state index contributed by atoms with van der Waals surface area (Å²) in [5.74, 6) is 1.22. The van der Waals surface area contributed by atoms with Crippen molar-refractivity contribution in [2.45, 2.75) is 38.3 Å². The van der Waals surface area contributed by atoms with Crippen molar-refractivity contribution in [2.75, 3.05) is 19.9 Å². The molecule has 1 aliphatic carbocycles. The lowest BCUT2D eigenvalue weighted by Crippen LogP contribution is -2.46. The van der Waals surface area contributed by atoms with Crippen molar-refractivity contribution in [1.82, 2.24) is 10.2 Å². The Balaban J connectivity index is 1.42. The highest BCUT2D eigenvalue weighted by atomic mass is 16.7. The summed E-state index contributed by atoms with van der Waals surface area (Å²) in [7, 11) is 0. The SMILES string of the molecule is O=C(NCC1(CO)CC1)C1CCC(=O)N1Cc1ccc2c(c1)OCO2. The molecule has 2 aliphatic heterocycles. The Bertz CT molecular complexity index is 701. The highest BCUT2D eigenvalue weighted by molar-refractivity contribution is 5.90. The van der Waals surface area contributed by atoms with Gasteiger partial charge >= 0.3 is 0 Å². The van der Waals surface area contributed by atoms with Crippen LogP contribution in [0.2, 0.25) is 0 Å². The van der Waals surface area contributed by atoms with Gasteiger partial charge in [-0.25, -0.2) is 0 Å². The molecule has 7 heteroatoms. The van der Waals surface area contributed by atoms with E-state index in [0.717, 1.165) is 18.4 Å². The molecule has 2 fully saturated rings. The minimum Gasteiger partial charge on any atom is -0.454 e. The Kier molecular flexibility index (Phi) is 4.03. The minimum atomic E-state index is -0.451. The third-order valence-corrected chi connectivity index (χ3v) is 5.35. The zero-order valence-electron chi connectivity index (χ0n) is 14.0. The fourth-order valence-corrected chi connectivity index (χ4v) is 3.40. The van der Waals surface area contributed by atoms with Gasteiger partial charge in [-0.2, -0.15) is 0 Å². The van der Waals surface area contributed by atoms with Crippen LogP contribution in [0.25, 0.3) is 0 Å². The standard InChI is InChI=1S/C18H22N2O5/c21-10-18(5-6-18)9-19-17(23)13-2-4-16(22)20(13)8-12-1-3-14-15(7-12)25-11-24-14/h1,3,7,13,21H,2,4-6,8-11H2,(H,19,23). The number of aliphatic hydroxyl groups excluding tert-OH is 1. The van der Waals surface area contributed by atoms with Crippen molar-refractivity contribution in [3.8, 4) is 11.5 Å². The lowest BCUT2D eigenvalue weighted by molar-refractivity contribution is -0.136. The van der Waals surface area contributed by atoms with Gasteiger partial charge in [-0.05, 0) is 37.0 Å². The molecule has 2 amide bonds. The molecule has 1 saturated carbocycles. The lowest BCUT2D eigenvalue weighted by Gasteiger charge is -2.25. The van der Waals surface area contributed by atoms with E-state index >= 15 is 0 Å². The first-order valence-electron chi connectivity index (χ1n) is 8.67. The topological polar surface area (TPSA) is 88.1 Å². The van der Waals surface area contributed by atoms with Crippen LogP contribution in [0.1, 0.15) is 31.2 Å². The van der Waals surface area contributed by atoms with Gasteiger partial charge in [0.2, 0.25) is 18.6 Å². The van der Waals surface area contributed by atoms with Gasteiger partial charge in [0, 0.05) is 24.9 Å². The van der Waals surface area contributed by atoms with Crippen LogP contribution >= 0.6 is 0 Å². The molecule has 7 nitrogen and oxygen atoms in total. The van der Waals surface area contributed by atoms with Crippen molar-refractivity contribution < 1.29 is 24.2 Å². The van der Waals surface area contributed by atoms with Crippen LogP contribution in [-0.4, -0.2) is 47.8 Å². The maximum absolute atomic E-state index is 12.5. The number of nitrogens with zero attached hydrogens (tertiary/aromatic N) is 1. The molecule has 1 aromatic rings. The summed E-state index contributed by atoms with van der Waals surface area (Å²) in [6, 6.07) is 5.12. The Morgan fingerprint density at radius 3 is 2.88 bits per heavy atom. The van der Waals surface area contributed by atoms with Crippen molar-refractivity contribution in [3.63, 3.8) is 0 Å². The molecule has 134 valence electrons. The number of fused-ring (bicyclic) bond motifs is 1. The van der Waals surface area contributed by atoms with Gasteiger partial charge in [0.1, 0.15) is 6.04 Å². The first kappa shape index (κ1) is 16.2. The number of hydrogen-bond donors (Lipinski definition) is 2. The summed E-state index contributed by atoms with van der Waals surface area (Å²) in [6.07, 6.45) is 2.79. The van der Waals surface area contributed by atoms with E-state index in [1.165, 1.54) is 0 Å². The number of benzene rings is 1. The van der Waals surface area contributed by atoms with E-state index in [4.69, 9.17) is 9.47 Å². The molecule has 1 unspecified atom stereocenters. The predicted molar refractivity (Wildman–Crippen MR) is 87.9 cm³/mol. The quantitative estimate of drug-likeness (QED) is 0.795. The second kappa shape index (κ2) is 6.22. The Morgan fingerprint density at radius 2 is 2.12 bits per heavy atom. The molecule has 0 bridgehead atoms. The number of likely N-dealkylation sites (tertiary alicyclic amines) is 1. The average molecular weight is 346 g/mol. The van der Waals surface area contributed by atoms with Crippen LogP contribution < -0.4 is 14.8 Å². The zero-order chi connectivity index (χ0) is 17.4. The molecule has 3 aliphatic rings. The number of nitrogens with one attached hydrogen (secondary N) is 1. The van der Waals surface area contributed by atoms with Gasteiger partial charge < -0.3 is 24.8 Å². The van der Waals surface area contributed by atoms with Crippen molar-refractivity contribution >= 4 is 11.8 Å². The fourth-order valence-electron chi connectivity index (χ4n) is 3.40. The molecule has 1 atom stereocenters. The summed E-state index contributed by atoms with van der Waals surface area (Å²) in [5.41, 5.74) is 0.770. The summed E-state index contributed by atoms with van der Waals surface area (Å²) in [4.78, 5) is 26.4. The van der Waals surface area contributed by atoms with Gasteiger partial charge in [-0.15, -0.1) is 0 Å². The fraction of sp³-hybridized carbons (Fsp3) is 0.556. The molecular weight excluding hydrogens is 324 g/mol. The van der Waals surface area contributed by atoms with Crippen molar-refractivity contribution in [1.29, 1.82) is 0 Å². The number of amides is 2. The molecule has 25 heavy (non-hydrogen) atoms. The number of hydrogen-bond acceptors (Lipinski definition) is 5. The Morgan fingerprint density at radius 1 is 1.32 bits per heavy atom. The van der Waals surface area contributed by atoms with Gasteiger partial charge in [0.05, 0.1) is 6.61 Å². The minimum absolute atomic E-state index is 0.0129. The van der Waals surface area contributed by atoms with E-state index in [0.29, 0.717) is 37.4 Å². The third-order valence-electron chi connectivity index (χ3n) is 5.35. The second-order valence-electron chi connectivity index (χ2n) is 7.14. The van der Waals surface area contributed by atoms with E-state index in [-0.39, 0.29) is 30.6 Å². The first-order valence-corrected chi connectivity index (χ1v) is 8.67. The molecule has 1 aromatic carbocycles. The lowest BCUT2D eigenvalue weighted by atomic mass is 10.1. The van der Waals surface area contributed by atoms with Gasteiger partial charge in [-0.1, -0.05) is 6.07 Å².